The van der Waals surface area contributed by atoms with Crippen LogP contribution in [-0.4, -0.2) is 47.7 Å². The smallest absolute Gasteiger partial charge is 0.322 e. The topological polar surface area (TPSA) is 66.5 Å². The number of pyridine rings is 1. The third-order valence-electron chi connectivity index (χ3n) is 4.14. The average Bonchev–Trinajstić information content (AvgIpc) is 2.64. The van der Waals surface area contributed by atoms with Crippen molar-refractivity contribution in [2.24, 2.45) is 0 Å². The SMILES string of the molecule is CC(Oc1cccnc1)C1CNCCN1C(=O)Nc1ccc(F)cc1. The lowest BCUT2D eigenvalue weighted by Crippen LogP contribution is -2.59. The summed E-state index contributed by atoms with van der Waals surface area (Å²) >= 11 is 0. The molecule has 3 rings (SSSR count). The van der Waals surface area contributed by atoms with Crippen LogP contribution in [0.2, 0.25) is 0 Å². The fourth-order valence-electron chi connectivity index (χ4n) is 2.84. The van der Waals surface area contributed by atoms with Crippen molar-refractivity contribution in [1.82, 2.24) is 15.2 Å². The number of rotatable bonds is 4. The number of benzene rings is 1. The Labute approximate surface area is 146 Å². The van der Waals surface area contributed by atoms with Gasteiger partial charge in [0.25, 0.3) is 0 Å². The van der Waals surface area contributed by atoms with E-state index in [1.807, 2.05) is 13.0 Å². The van der Waals surface area contributed by atoms with Gasteiger partial charge < -0.3 is 20.3 Å². The number of hydrogen-bond donors (Lipinski definition) is 2. The molecule has 2 heterocycles. The summed E-state index contributed by atoms with van der Waals surface area (Å²) in [6.45, 7) is 3.85. The maximum atomic E-state index is 13.0. The van der Waals surface area contributed by atoms with Gasteiger partial charge in [0.2, 0.25) is 0 Å². The van der Waals surface area contributed by atoms with Crippen molar-refractivity contribution >= 4 is 11.7 Å². The van der Waals surface area contributed by atoms with Gasteiger partial charge in [-0.15, -0.1) is 0 Å². The van der Waals surface area contributed by atoms with Gasteiger partial charge >= 0.3 is 6.03 Å². The predicted octanol–water partition coefficient (Wildman–Crippen LogP) is 2.49. The Morgan fingerprint density at radius 3 is 2.92 bits per heavy atom. The minimum absolute atomic E-state index is 0.130. The van der Waals surface area contributed by atoms with E-state index in [1.54, 1.807) is 35.5 Å². The first-order valence-electron chi connectivity index (χ1n) is 8.24. The Balaban J connectivity index is 1.67. The highest BCUT2D eigenvalue weighted by Gasteiger charge is 2.32. The molecule has 1 fully saturated rings. The van der Waals surface area contributed by atoms with Crippen molar-refractivity contribution in [2.45, 2.75) is 19.1 Å². The molecule has 6 nitrogen and oxygen atoms in total. The molecule has 0 spiro atoms. The number of anilines is 1. The second kappa shape index (κ2) is 7.94. The number of hydrogen-bond acceptors (Lipinski definition) is 4. The van der Waals surface area contributed by atoms with Gasteiger partial charge in [-0.05, 0) is 43.3 Å². The number of urea groups is 1. The van der Waals surface area contributed by atoms with E-state index in [2.05, 4.69) is 15.6 Å². The monoisotopic (exact) mass is 344 g/mol. The maximum Gasteiger partial charge on any atom is 0.322 e. The van der Waals surface area contributed by atoms with E-state index in [0.717, 1.165) is 0 Å². The molecule has 25 heavy (non-hydrogen) atoms. The molecule has 0 bridgehead atoms. The third-order valence-corrected chi connectivity index (χ3v) is 4.14. The summed E-state index contributed by atoms with van der Waals surface area (Å²) in [7, 11) is 0. The molecular weight excluding hydrogens is 323 g/mol. The standard InChI is InChI=1S/C18H21FN4O2/c1-13(25-16-3-2-8-20-11-16)17-12-21-9-10-23(17)18(24)22-15-6-4-14(19)5-7-15/h2-8,11,13,17,21H,9-10,12H2,1H3,(H,22,24). The number of nitrogens with zero attached hydrogens (tertiary/aromatic N) is 2. The molecule has 1 aromatic carbocycles. The molecule has 132 valence electrons. The summed E-state index contributed by atoms with van der Waals surface area (Å²) in [5.74, 6) is 0.330. The highest BCUT2D eigenvalue weighted by molar-refractivity contribution is 5.89. The minimum Gasteiger partial charge on any atom is -0.487 e. The Morgan fingerprint density at radius 2 is 2.20 bits per heavy atom. The first-order valence-corrected chi connectivity index (χ1v) is 8.24. The molecule has 0 saturated carbocycles. The second-order valence-electron chi connectivity index (χ2n) is 5.91. The number of piperazine rings is 1. The number of carbonyl (C=O) groups is 1. The normalized spacial score (nSPS) is 18.5. The molecule has 1 aromatic heterocycles. The van der Waals surface area contributed by atoms with Gasteiger partial charge in [0.15, 0.2) is 0 Å². The van der Waals surface area contributed by atoms with Crippen LogP contribution in [0.25, 0.3) is 0 Å². The molecule has 1 aliphatic heterocycles. The number of amides is 2. The van der Waals surface area contributed by atoms with E-state index in [9.17, 15) is 9.18 Å². The Kier molecular flexibility index (Phi) is 5.45. The zero-order chi connectivity index (χ0) is 17.6. The van der Waals surface area contributed by atoms with Crippen LogP contribution in [0.4, 0.5) is 14.9 Å². The summed E-state index contributed by atoms with van der Waals surface area (Å²) < 4.78 is 18.9. The van der Waals surface area contributed by atoms with Crippen molar-refractivity contribution in [3.8, 4) is 5.75 Å². The van der Waals surface area contributed by atoms with Crippen LogP contribution >= 0.6 is 0 Å². The molecule has 1 aliphatic rings. The van der Waals surface area contributed by atoms with Crippen LogP contribution in [0.1, 0.15) is 6.92 Å². The van der Waals surface area contributed by atoms with Gasteiger partial charge in [-0.1, -0.05) is 0 Å². The molecule has 1 saturated heterocycles. The van der Waals surface area contributed by atoms with Gasteiger partial charge in [-0.2, -0.15) is 0 Å². The summed E-state index contributed by atoms with van der Waals surface area (Å²) in [4.78, 5) is 18.4. The quantitative estimate of drug-likeness (QED) is 0.894. The molecule has 0 radical (unpaired) electrons. The molecular formula is C18H21FN4O2. The molecule has 2 N–H and O–H groups in total. The number of aromatic nitrogens is 1. The van der Waals surface area contributed by atoms with E-state index in [-0.39, 0.29) is 24.0 Å². The fraction of sp³-hybridized carbons (Fsp3) is 0.333. The molecule has 2 unspecified atom stereocenters. The highest BCUT2D eigenvalue weighted by atomic mass is 19.1. The van der Waals surface area contributed by atoms with Gasteiger partial charge in [0, 0.05) is 31.5 Å². The number of halogens is 1. The van der Waals surface area contributed by atoms with Crippen molar-refractivity contribution in [2.75, 3.05) is 25.0 Å². The zero-order valence-electron chi connectivity index (χ0n) is 14.0. The first-order chi connectivity index (χ1) is 12.1. The van der Waals surface area contributed by atoms with E-state index in [0.29, 0.717) is 31.1 Å². The van der Waals surface area contributed by atoms with Crippen molar-refractivity contribution < 1.29 is 13.9 Å². The zero-order valence-corrected chi connectivity index (χ0v) is 14.0. The van der Waals surface area contributed by atoms with E-state index in [1.165, 1.54) is 12.1 Å². The fourth-order valence-corrected chi connectivity index (χ4v) is 2.84. The van der Waals surface area contributed by atoms with Gasteiger partial charge in [-0.3, -0.25) is 4.98 Å². The van der Waals surface area contributed by atoms with E-state index >= 15 is 0 Å². The Bertz CT molecular complexity index is 696. The maximum absolute atomic E-state index is 13.0. The number of nitrogens with one attached hydrogen (secondary N) is 2. The van der Waals surface area contributed by atoms with E-state index in [4.69, 9.17) is 4.74 Å². The predicted molar refractivity (Wildman–Crippen MR) is 93.1 cm³/mol. The Hall–Kier alpha value is -2.67. The molecule has 0 aliphatic carbocycles. The minimum atomic E-state index is -0.337. The summed E-state index contributed by atoms with van der Waals surface area (Å²) in [6, 6.07) is 9.01. The largest absolute Gasteiger partial charge is 0.487 e. The molecule has 2 aromatic rings. The number of carbonyl (C=O) groups excluding carboxylic acids is 1. The Morgan fingerprint density at radius 1 is 1.40 bits per heavy atom. The molecule has 2 amide bonds. The van der Waals surface area contributed by atoms with Crippen LogP contribution in [-0.2, 0) is 0 Å². The van der Waals surface area contributed by atoms with Gasteiger partial charge in [-0.25, -0.2) is 9.18 Å². The number of ether oxygens (including phenoxy) is 1. The summed E-state index contributed by atoms with van der Waals surface area (Å²) in [5, 5.41) is 6.10. The lowest BCUT2D eigenvalue weighted by Gasteiger charge is -2.39. The van der Waals surface area contributed by atoms with Crippen LogP contribution < -0.4 is 15.4 Å². The van der Waals surface area contributed by atoms with Crippen molar-refractivity contribution in [3.05, 3.63) is 54.6 Å². The van der Waals surface area contributed by atoms with Crippen molar-refractivity contribution in [3.63, 3.8) is 0 Å². The second-order valence-corrected chi connectivity index (χ2v) is 5.91. The molecule has 7 heteroatoms. The summed E-state index contributed by atoms with van der Waals surface area (Å²) in [5.41, 5.74) is 0.560. The van der Waals surface area contributed by atoms with Crippen LogP contribution in [0.5, 0.6) is 5.75 Å². The van der Waals surface area contributed by atoms with Crippen LogP contribution in [0.15, 0.2) is 48.8 Å². The lowest BCUT2D eigenvalue weighted by atomic mass is 10.1. The van der Waals surface area contributed by atoms with Crippen LogP contribution in [0.3, 0.4) is 0 Å². The lowest BCUT2D eigenvalue weighted by molar-refractivity contribution is 0.0835. The average molecular weight is 344 g/mol. The third kappa shape index (κ3) is 4.45. The van der Waals surface area contributed by atoms with Crippen LogP contribution in [0, 0.1) is 5.82 Å². The first kappa shape index (κ1) is 17.2. The highest BCUT2D eigenvalue weighted by Crippen LogP contribution is 2.17. The summed E-state index contributed by atoms with van der Waals surface area (Å²) in [6.07, 6.45) is 3.12. The van der Waals surface area contributed by atoms with Gasteiger partial charge in [0.05, 0.1) is 12.2 Å². The molecule has 2 atom stereocenters. The van der Waals surface area contributed by atoms with Gasteiger partial charge in [0.1, 0.15) is 17.7 Å². The van der Waals surface area contributed by atoms with Crippen molar-refractivity contribution in [1.29, 1.82) is 0 Å². The van der Waals surface area contributed by atoms with E-state index < -0.39 is 0 Å².